The minimum Gasteiger partial charge on any atom is -0.379 e. The Morgan fingerprint density at radius 1 is 1.37 bits per heavy atom. The second-order valence-electron chi connectivity index (χ2n) is 6.11. The van der Waals surface area contributed by atoms with E-state index in [1.54, 1.807) is 0 Å². The van der Waals surface area contributed by atoms with Crippen molar-refractivity contribution in [3.05, 3.63) is 42.2 Å². The molecule has 0 aliphatic heterocycles. The molecule has 0 radical (unpaired) electrons. The van der Waals surface area contributed by atoms with Crippen LogP contribution < -0.4 is 16.0 Å². The molecule has 27 heavy (non-hydrogen) atoms. The molecule has 9 heteroatoms. The molecular weight excluding hydrogens is 349 g/mol. The quantitative estimate of drug-likeness (QED) is 0.579. The Labute approximate surface area is 154 Å². The van der Waals surface area contributed by atoms with Crippen LogP contribution in [0, 0.1) is 18.2 Å². The van der Waals surface area contributed by atoms with Gasteiger partial charge in [-0.25, -0.2) is 13.9 Å². The summed E-state index contributed by atoms with van der Waals surface area (Å²) in [7, 11) is 0. The number of pyridine rings is 1. The minimum absolute atomic E-state index is 0.0305. The molecule has 0 aromatic carbocycles. The lowest BCUT2D eigenvalue weighted by Crippen LogP contribution is -2.17. The molecule has 3 aromatic rings. The molecule has 8 nitrogen and oxygen atoms in total. The van der Waals surface area contributed by atoms with Crippen LogP contribution in [0.15, 0.2) is 30.7 Å². The van der Waals surface area contributed by atoms with Crippen molar-refractivity contribution in [3.63, 3.8) is 0 Å². The fourth-order valence-corrected chi connectivity index (χ4v) is 2.57. The highest BCUT2D eigenvalue weighted by Gasteiger charge is 2.24. The highest BCUT2D eigenvalue weighted by atomic mass is 19.1. The summed E-state index contributed by atoms with van der Waals surface area (Å²) in [6, 6.07) is 3.57. The van der Waals surface area contributed by atoms with E-state index in [2.05, 4.69) is 36.9 Å². The predicted molar refractivity (Wildman–Crippen MR) is 99.1 cm³/mol. The van der Waals surface area contributed by atoms with Gasteiger partial charge in [0.15, 0.2) is 17.2 Å². The molecule has 4 rings (SSSR count). The van der Waals surface area contributed by atoms with Gasteiger partial charge in [0.1, 0.15) is 5.82 Å². The van der Waals surface area contributed by atoms with Crippen LogP contribution in [-0.2, 0) is 0 Å². The number of carbonyl (C=O) groups excluding carboxylic acids is 1. The monoisotopic (exact) mass is 365 g/mol. The highest BCUT2D eigenvalue weighted by Crippen LogP contribution is 2.28. The lowest BCUT2D eigenvalue weighted by atomic mass is 10.3. The number of rotatable bonds is 6. The van der Waals surface area contributed by atoms with Crippen LogP contribution in [0.2, 0.25) is 0 Å². The third-order valence-electron chi connectivity index (χ3n) is 4.03. The fourth-order valence-electron chi connectivity index (χ4n) is 2.57. The van der Waals surface area contributed by atoms with Crippen LogP contribution in [-0.4, -0.2) is 38.1 Å². The Bertz CT molecular complexity index is 1050. The van der Waals surface area contributed by atoms with Crippen molar-refractivity contribution >= 4 is 28.7 Å². The van der Waals surface area contributed by atoms with E-state index < -0.39 is 11.7 Å². The van der Waals surface area contributed by atoms with Crippen molar-refractivity contribution in [2.75, 3.05) is 22.5 Å². The lowest BCUT2D eigenvalue weighted by molar-refractivity contribution is 0.102. The van der Waals surface area contributed by atoms with E-state index in [0.29, 0.717) is 24.1 Å². The van der Waals surface area contributed by atoms with Crippen LogP contribution in [0.1, 0.15) is 23.3 Å². The number of aromatic nitrogens is 4. The number of nitrogens with one attached hydrogen (secondary N) is 3. The zero-order valence-corrected chi connectivity index (χ0v) is 14.2. The highest BCUT2D eigenvalue weighted by molar-refractivity contribution is 6.03. The van der Waals surface area contributed by atoms with Crippen molar-refractivity contribution in [2.24, 2.45) is 0 Å². The number of nitrogens with zero attached hydrogens (tertiary/aromatic N) is 4. The Morgan fingerprint density at radius 3 is 2.96 bits per heavy atom. The molecule has 1 fully saturated rings. The Morgan fingerprint density at radius 2 is 2.22 bits per heavy atom. The molecule has 0 atom stereocenters. The normalized spacial score (nSPS) is 13.2. The molecule has 0 spiro atoms. The number of carbonyl (C=O) groups is 1. The first-order valence-electron chi connectivity index (χ1n) is 8.39. The van der Waals surface area contributed by atoms with Gasteiger partial charge in [0.05, 0.1) is 30.3 Å². The molecule has 3 aromatic heterocycles. The van der Waals surface area contributed by atoms with Crippen molar-refractivity contribution < 1.29 is 9.18 Å². The van der Waals surface area contributed by atoms with Gasteiger partial charge in [0, 0.05) is 18.3 Å². The molecule has 1 aliphatic rings. The zero-order valence-electron chi connectivity index (χ0n) is 14.2. The summed E-state index contributed by atoms with van der Waals surface area (Å²) in [6.45, 7) is 0.291. The van der Waals surface area contributed by atoms with E-state index in [0.717, 1.165) is 24.7 Å². The summed E-state index contributed by atoms with van der Waals surface area (Å²) < 4.78 is 15.2. The number of anilines is 3. The molecule has 3 heterocycles. The SMILES string of the molecule is C#CCNc1cc(NC2CC2)c2ncc(C(=O)Nc3ccncc3F)n2n1. The van der Waals surface area contributed by atoms with E-state index >= 15 is 0 Å². The number of imidazole rings is 1. The first-order valence-corrected chi connectivity index (χ1v) is 8.39. The topological polar surface area (TPSA) is 96.2 Å². The molecule has 1 aliphatic carbocycles. The lowest BCUT2D eigenvalue weighted by Gasteiger charge is -2.11. The van der Waals surface area contributed by atoms with Gasteiger partial charge in [-0.3, -0.25) is 9.78 Å². The van der Waals surface area contributed by atoms with Gasteiger partial charge in [0.25, 0.3) is 5.91 Å². The molecular formula is C18H16FN7O. The van der Waals surface area contributed by atoms with Gasteiger partial charge < -0.3 is 16.0 Å². The first-order chi connectivity index (χ1) is 13.2. The third-order valence-corrected chi connectivity index (χ3v) is 4.03. The minimum atomic E-state index is -0.625. The summed E-state index contributed by atoms with van der Waals surface area (Å²) in [6.07, 6.45) is 11.3. The van der Waals surface area contributed by atoms with Gasteiger partial charge in [-0.05, 0) is 18.9 Å². The Kier molecular flexibility index (Phi) is 4.30. The number of terminal acetylenes is 1. The average molecular weight is 365 g/mol. The third kappa shape index (κ3) is 3.50. The summed E-state index contributed by atoms with van der Waals surface area (Å²) in [4.78, 5) is 20.6. The van der Waals surface area contributed by atoms with Gasteiger partial charge in [-0.15, -0.1) is 11.5 Å². The molecule has 3 N–H and O–H groups in total. The van der Waals surface area contributed by atoms with Gasteiger partial charge in [-0.1, -0.05) is 5.92 Å². The predicted octanol–water partition coefficient (Wildman–Crippen LogP) is 2.14. The van der Waals surface area contributed by atoms with E-state index in [-0.39, 0.29) is 11.4 Å². The number of fused-ring (bicyclic) bond motifs is 1. The second-order valence-corrected chi connectivity index (χ2v) is 6.11. The first kappa shape index (κ1) is 16.8. The number of halogens is 1. The van der Waals surface area contributed by atoms with Crippen molar-refractivity contribution in [1.82, 2.24) is 19.6 Å². The summed E-state index contributed by atoms with van der Waals surface area (Å²) in [5, 5.41) is 13.3. The number of hydrogen-bond acceptors (Lipinski definition) is 6. The molecule has 1 saturated carbocycles. The number of amides is 1. The van der Waals surface area contributed by atoms with Crippen LogP contribution in [0.3, 0.4) is 0 Å². The van der Waals surface area contributed by atoms with Crippen LogP contribution in [0.4, 0.5) is 21.6 Å². The average Bonchev–Trinajstić information content (AvgIpc) is 3.37. The van der Waals surface area contributed by atoms with Gasteiger partial charge in [-0.2, -0.15) is 0 Å². The largest absolute Gasteiger partial charge is 0.379 e. The zero-order chi connectivity index (χ0) is 18.8. The van der Waals surface area contributed by atoms with Crippen molar-refractivity contribution in [3.8, 4) is 12.3 Å². The summed E-state index contributed by atoms with van der Waals surface area (Å²) >= 11 is 0. The van der Waals surface area contributed by atoms with Crippen LogP contribution in [0.5, 0.6) is 0 Å². The van der Waals surface area contributed by atoms with Crippen molar-refractivity contribution in [1.29, 1.82) is 0 Å². The summed E-state index contributed by atoms with van der Waals surface area (Å²) in [5.41, 5.74) is 1.46. The van der Waals surface area contributed by atoms with E-state index in [1.807, 2.05) is 6.07 Å². The van der Waals surface area contributed by atoms with Gasteiger partial charge in [0.2, 0.25) is 0 Å². The standard InChI is InChI=1S/C18H16FN7O/c1-2-6-21-16-8-14(23-11-3-4-11)17-22-10-15(26(17)25-16)18(27)24-13-5-7-20-9-12(13)19/h1,5,7-11,23H,3-4,6H2,(H,21,25)(H,20,24,27). The van der Waals surface area contributed by atoms with Crippen LogP contribution in [0.25, 0.3) is 5.65 Å². The molecule has 0 unspecified atom stereocenters. The molecule has 136 valence electrons. The molecule has 0 saturated heterocycles. The maximum Gasteiger partial charge on any atom is 0.276 e. The molecule has 1 amide bonds. The second kappa shape index (κ2) is 6.92. The van der Waals surface area contributed by atoms with E-state index in [1.165, 1.54) is 23.0 Å². The number of hydrogen-bond donors (Lipinski definition) is 3. The van der Waals surface area contributed by atoms with Gasteiger partial charge >= 0.3 is 0 Å². The Hall–Kier alpha value is -3.67. The maximum absolute atomic E-state index is 13.8. The smallest absolute Gasteiger partial charge is 0.276 e. The Balaban J connectivity index is 1.71. The van der Waals surface area contributed by atoms with E-state index in [9.17, 15) is 9.18 Å². The van der Waals surface area contributed by atoms with Crippen molar-refractivity contribution in [2.45, 2.75) is 18.9 Å². The van der Waals surface area contributed by atoms with E-state index in [4.69, 9.17) is 6.42 Å². The van der Waals surface area contributed by atoms with Crippen LogP contribution >= 0.6 is 0 Å². The maximum atomic E-state index is 13.8. The fraction of sp³-hybridized carbons (Fsp3) is 0.222. The summed E-state index contributed by atoms with van der Waals surface area (Å²) in [5.74, 6) is 1.83. The molecule has 0 bridgehead atoms.